The predicted molar refractivity (Wildman–Crippen MR) is 77.7 cm³/mol. The van der Waals surface area contributed by atoms with Gasteiger partial charge in [-0.25, -0.2) is 0 Å². The Morgan fingerprint density at radius 1 is 1.45 bits per heavy atom. The summed E-state index contributed by atoms with van der Waals surface area (Å²) in [6.07, 6.45) is 3.70. The molecule has 0 bridgehead atoms. The monoisotopic (exact) mass is 290 g/mol. The van der Waals surface area contributed by atoms with E-state index in [1.165, 1.54) is 0 Å². The number of carboxylic acid groups (broad SMARTS) is 1. The normalized spacial score (nSPS) is 16.2. The van der Waals surface area contributed by atoms with Crippen LogP contribution in [0.1, 0.15) is 18.4 Å². The predicted octanol–water partition coefficient (Wildman–Crippen LogP) is 2.84. The van der Waals surface area contributed by atoms with Crippen LogP contribution < -0.4 is 5.32 Å². The molecule has 4 nitrogen and oxygen atoms in total. The smallest absolute Gasteiger partial charge is 0.320 e. The van der Waals surface area contributed by atoms with Crippen molar-refractivity contribution in [3.63, 3.8) is 0 Å². The molecule has 0 spiro atoms. The number of carbonyl (C=O) groups is 1. The Bertz CT molecular complexity index is 655. The number of nitrogens with one attached hydrogen (secondary N) is 1. The molecule has 1 aromatic carbocycles. The van der Waals surface area contributed by atoms with E-state index in [0.717, 1.165) is 29.3 Å². The summed E-state index contributed by atoms with van der Waals surface area (Å²) in [6.45, 7) is 0.484. The van der Waals surface area contributed by atoms with Gasteiger partial charge in [0.2, 0.25) is 0 Å². The Morgan fingerprint density at radius 2 is 2.25 bits per heavy atom. The van der Waals surface area contributed by atoms with Crippen molar-refractivity contribution in [2.75, 3.05) is 0 Å². The van der Waals surface area contributed by atoms with Crippen LogP contribution in [0, 0.1) is 5.92 Å². The van der Waals surface area contributed by atoms with Crippen LogP contribution in [0.15, 0.2) is 30.5 Å². The number of rotatable bonds is 5. The van der Waals surface area contributed by atoms with Gasteiger partial charge >= 0.3 is 5.97 Å². The van der Waals surface area contributed by atoms with Gasteiger partial charge in [0.05, 0.1) is 5.52 Å². The Labute approximate surface area is 121 Å². The van der Waals surface area contributed by atoms with Crippen molar-refractivity contribution in [1.29, 1.82) is 0 Å². The second-order valence-electron chi connectivity index (χ2n) is 5.14. The Morgan fingerprint density at radius 3 is 2.95 bits per heavy atom. The van der Waals surface area contributed by atoms with Crippen molar-refractivity contribution < 1.29 is 9.90 Å². The third-order valence-corrected chi connectivity index (χ3v) is 4.00. The van der Waals surface area contributed by atoms with Gasteiger partial charge in [0.25, 0.3) is 0 Å². The fraction of sp³-hybridized carbons (Fsp3) is 0.333. The zero-order valence-corrected chi connectivity index (χ0v) is 11.6. The van der Waals surface area contributed by atoms with E-state index in [1.807, 2.05) is 24.3 Å². The van der Waals surface area contributed by atoms with E-state index in [1.54, 1.807) is 6.20 Å². The maximum absolute atomic E-state index is 11.2. The lowest BCUT2D eigenvalue weighted by atomic mass is 10.1. The van der Waals surface area contributed by atoms with Crippen LogP contribution in [0.25, 0.3) is 10.9 Å². The number of aromatic nitrogens is 1. The molecule has 1 atom stereocenters. The highest BCUT2D eigenvalue weighted by Crippen LogP contribution is 2.33. The number of halogens is 1. The number of nitrogens with zero attached hydrogens (tertiary/aromatic N) is 1. The van der Waals surface area contributed by atoms with E-state index in [4.69, 9.17) is 11.6 Å². The van der Waals surface area contributed by atoms with Crippen LogP contribution >= 0.6 is 11.6 Å². The summed E-state index contributed by atoms with van der Waals surface area (Å²) in [5.41, 5.74) is 1.80. The molecule has 3 rings (SSSR count). The molecule has 0 aliphatic heterocycles. The first-order valence-corrected chi connectivity index (χ1v) is 7.03. The quantitative estimate of drug-likeness (QED) is 0.889. The van der Waals surface area contributed by atoms with Gasteiger partial charge in [-0.05, 0) is 42.5 Å². The van der Waals surface area contributed by atoms with Crippen LogP contribution in [0.3, 0.4) is 0 Å². The summed E-state index contributed by atoms with van der Waals surface area (Å²) < 4.78 is 0. The second-order valence-corrected chi connectivity index (χ2v) is 5.55. The Hall–Kier alpha value is -1.65. The fourth-order valence-corrected chi connectivity index (χ4v) is 2.66. The van der Waals surface area contributed by atoms with Crippen molar-refractivity contribution in [1.82, 2.24) is 10.3 Å². The molecule has 20 heavy (non-hydrogen) atoms. The summed E-state index contributed by atoms with van der Waals surface area (Å²) in [4.78, 5) is 15.6. The van der Waals surface area contributed by atoms with Crippen molar-refractivity contribution >= 4 is 28.5 Å². The van der Waals surface area contributed by atoms with Crippen molar-refractivity contribution in [2.45, 2.75) is 25.4 Å². The summed E-state index contributed by atoms with van der Waals surface area (Å²) in [5, 5.41) is 13.9. The zero-order chi connectivity index (χ0) is 14.1. The van der Waals surface area contributed by atoms with Crippen LogP contribution in [-0.2, 0) is 11.3 Å². The van der Waals surface area contributed by atoms with Crippen molar-refractivity contribution in [2.24, 2.45) is 5.92 Å². The first kappa shape index (κ1) is 13.3. The molecule has 104 valence electrons. The number of carboxylic acids is 1. The average Bonchev–Trinajstić information content (AvgIpc) is 3.26. The lowest BCUT2D eigenvalue weighted by Gasteiger charge is -2.14. The Kier molecular flexibility index (Phi) is 3.59. The summed E-state index contributed by atoms with van der Waals surface area (Å²) in [6, 6.07) is 7.02. The Balaban J connectivity index is 1.84. The molecule has 0 saturated heterocycles. The first-order valence-electron chi connectivity index (χ1n) is 6.65. The summed E-state index contributed by atoms with van der Waals surface area (Å²) >= 11 is 6.15. The molecular formula is C15H15ClN2O2. The van der Waals surface area contributed by atoms with E-state index >= 15 is 0 Å². The molecule has 1 aromatic heterocycles. The second kappa shape index (κ2) is 5.38. The third-order valence-electron chi connectivity index (χ3n) is 3.67. The minimum absolute atomic E-state index is 0.263. The highest BCUT2D eigenvalue weighted by atomic mass is 35.5. The molecular weight excluding hydrogens is 276 g/mol. The molecule has 1 heterocycles. The highest BCUT2D eigenvalue weighted by molar-refractivity contribution is 6.35. The number of aliphatic carboxylic acids is 1. The van der Waals surface area contributed by atoms with Crippen LogP contribution in [0.4, 0.5) is 0 Å². The molecule has 1 unspecified atom stereocenters. The minimum atomic E-state index is -0.779. The van der Waals surface area contributed by atoms with E-state index in [-0.39, 0.29) is 5.92 Å². The summed E-state index contributed by atoms with van der Waals surface area (Å²) in [5.74, 6) is -0.516. The minimum Gasteiger partial charge on any atom is -0.480 e. The third kappa shape index (κ3) is 2.62. The number of hydrogen-bond donors (Lipinski definition) is 2. The van der Waals surface area contributed by atoms with Gasteiger partial charge in [-0.1, -0.05) is 17.7 Å². The molecule has 2 aromatic rings. The van der Waals surface area contributed by atoms with Crippen LogP contribution in [0.5, 0.6) is 0 Å². The molecule has 0 radical (unpaired) electrons. The van der Waals surface area contributed by atoms with Gasteiger partial charge in [0.1, 0.15) is 6.04 Å². The van der Waals surface area contributed by atoms with E-state index in [9.17, 15) is 9.90 Å². The first-order chi connectivity index (χ1) is 9.66. The highest BCUT2D eigenvalue weighted by Gasteiger charge is 2.35. The van der Waals surface area contributed by atoms with Gasteiger partial charge in [-0.15, -0.1) is 0 Å². The molecule has 1 aliphatic rings. The maximum atomic E-state index is 11.2. The molecule has 2 N–H and O–H groups in total. The fourth-order valence-electron chi connectivity index (χ4n) is 2.44. The topological polar surface area (TPSA) is 62.2 Å². The van der Waals surface area contributed by atoms with E-state index < -0.39 is 12.0 Å². The van der Waals surface area contributed by atoms with Gasteiger partial charge in [0.15, 0.2) is 0 Å². The van der Waals surface area contributed by atoms with Gasteiger partial charge in [0, 0.05) is 23.2 Å². The zero-order valence-electron chi connectivity index (χ0n) is 10.8. The maximum Gasteiger partial charge on any atom is 0.320 e. The molecule has 5 heteroatoms. The van der Waals surface area contributed by atoms with Crippen molar-refractivity contribution in [3.8, 4) is 0 Å². The van der Waals surface area contributed by atoms with E-state index in [0.29, 0.717) is 11.6 Å². The number of fused-ring (bicyclic) bond motifs is 1. The number of benzene rings is 1. The molecule has 1 aliphatic carbocycles. The summed E-state index contributed by atoms with van der Waals surface area (Å²) in [7, 11) is 0. The van der Waals surface area contributed by atoms with Gasteiger partial charge in [-0.2, -0.15) is 0 Å². The van der Waals surface area contributed by atoms with Gasteiger partial charge in [-0.3, -0.25) is 15.1 Å². The number of pyridine rings is 1. The van der Waals surface area contributed by atoms with Gasteiger partial charge < -0.3 is 5.11 Å². The molecule has 0 amide bonds. The van der Waals surface area contributed by atoms with E-state index in [2.05, 4.69) is 10.3 Å². The van der Waals surface area contributed by atoms with Crippen LogP contribution in [-0.4, -0.2) is 22.1 Å². The molecule has 1 fully saturated rings. The number of hydrogen-bond acceptors (Lipinski definition) is 3. The lowest BCUT2D eigenvalue weighted by molar-refractivity contribution is -0.140. The SMILES string of the molecule is O=C(O)C(NCc1ccc(Cl)c2cccnc12)C1CC1. The largest absolute Gasteiger partial charge is 0.480 e. The standard InChI is InChI=1S/C15H15ClN2O2/c16-12-6-5-10(13-11(12)2-1-7-17-13)8-18-14(15(19)20)9-3-4-9/h1-2,5-7,9,14,18H,3-4,8H2,(H,19,20). The van der Waals surface area contributed by atoms with Crippen molar-refractivity contribution in [3.05, 3.63) is 41.0 Å². The average molecular weight is 291 g/mol. The lowest BCUT2D eigenvalue weighted by Crippen LogP contribution is -2.38. The molecule has 1 saturated carbocycles. The van der Waals surface area contributed by atoms with Crippen LogP contribution in [0.2, 0.25) is 5.02 Å².